The summed E-state index contributed by atoms with van der Waals surface area (Å²) >= 11 is 0. The van der Waals surface area contributed by atoms with Crippen LogP contribution in [-0.2, 0) is 4.74 Å². The van der Waals surface area contributed by atoms with Crippen LogP contribution in [0.25, 0.3) is 0 Å². The van der Waals surface area contributed by atoms with Crippen LogP contribution >= 0.6 is 0 Å². The average Bonchev–Trinajstić information content (AvgIpc) is 2.70. The topological polar surface area (TPSA) is 111 Å². The Morgan fingerprint density at radius 1 is 1.50 bits per heavy atom. The highest BCUT2D eigenvalue weighted by Crippen LogP contribution is 2.30. The number of hydrogen-bond donors (Lipinski definition) is 3. The number of nitrogen functional groups attached to an aromatic ring is 1. The van der Waals surface area contributed by atoms with Gasteiger partial charge >= 0.3 is 5.69 Å². The second-order valence-electron chi connectivity index (χ2n) is 4.56. The van der Waals surface area contributed by atoms with Crippen molar-refractivity contribution in [2.45, 2.75) is 44.8 Å². The quantitative estimate of drug-likeness (QED) is 0.613. The van der Waals surface area contributed by atoms with Crippen molar-refractivity contribution in [1.82, 2.24) is 9.55 Å². The summed E-state index contributed by atoms with van der Waals surface area (Å²) in [4.78, 5) is 15.5. The second kappa shape index (κ2) is 5.63. The summed E-state index contributed by atoms with van der Waals surface area (Å²) in [6.45, 7) is 3.45. The molecule has 2 heterocycles. The predicted molar refractivity (Wildman–Crippen MR) is 71.7 cm³/mol. The molecular weight excluding hydrogens is 262 g/mol. The molecule has 4 N–H and O–H groups in total. The molecule has 0 radical (unpaired) electrons. The van der Waals surface area contributed by atoms with E-state index in [1.807, 2.05) is 6.92 Å². The van der Waals surface area contributed by atoms with Crippen LogP contribution in [0.2, 0.25) is 0 Å². The molecule has 1 fully saturated rings. The zero-order valence-corrected chi connectivity index (χ0v) is 11.3. The molecule has 0 bridgehead atoms. The van der Waals surface area contributed by atoms with E-state index in [9.17, 15) is 15.0 Å². The van der Waals surface area contributed by atoms with Gasteiger partial charge in [0.05, 0.1) is 11.7 Å². The van der Waals surface area contributed by atoms with Gasteiger partial charge in [0.2, 0.25) is 0 Å². The molecule has 7 heteroatoms. The van der Waals surface area contributed by atoms with Gasteiger partial charge in [0.15, 0.2) is 6.23 Å². The van der Waals surface area contributed by atoms with Crippen LogP contribution in [0.3, 0.4) is 0 Å². The van der Waals surface area contributed by atoms with E-state index in [2.05, 4.69) is 16.8 Å². The van der Waals surface area contributed by atoms with Gasteiger partial charge in [0.1, 0.15) is 18.0 Å². The SMILES string of the molecule is CC#Cc1cn(C2O[C@H](CC)[C@@H](O)[C@H]2O)c(=O)nc1N. The van der Waals surface area contributed by atoms with Crippen LogP contribution in [0.5, 0.6) is 0 Å². The minimum absolute atomic E-state index is 0.0284. The summed E-state index contributed by atoms with van der Waals surface area (Å²) in [5.74, 6) is 5.41. The van der Waals surface area contributed by atoms with Crippen molar-refractivity contribution in [2.24, 2.45) is 0 Å². The molecule has 0 aliphatic carbocycles. The van der Waals surface area contributed by atoms with Gasteiger partial charge in [-0.1, -0.05) is 12.8 Å². The molecule has 4 atom stereocenters. The van der Waals surface area contributed by atoms with Gasteiger partial charge < -0.3 is 20.7 Å². The lowest BCUT2D eigenvalue weighted by Gasteiger charge is -2.17. The van der Waals surface area contributed by atoms with Gasteiger partial charge in [-0.3, -0.25) is 4.57 Å². The van der Waals surface area contributed by atoms with Crippen molar-refractivity contribution in [3.63, 3.8) is 0 Å². The standard InChI is InChI=1S/C13H17N3O4/c1-3-5-7-6-16(13(19)15-11(7)14)12-10(18)9(17)8(4-2)20-12/h6,8-10,12,17-18H,4H2,1-2H3,(H2,14,15,19)/t8-,9-,10-,12?/m1/s1. The number of anilines is 1. The van der Waals surface area contributed by atoms with Crippen molar-refractivity contribution in [2.75, 3.05) is 5.73 Å². The van der Waals surface area contributed by atoms with Gasteiger partial charge in [-0.05, 0) is 13.3 Å². The predicted octanol–water partition coefficient (Wildman–Crippen LogP) is -0.774. The Bertz CT molecular complexity index is 616. The molecule has 1 aliphatic heterocycles. The first kappa shape index (κ1) is 14.5. The number of nitrogens with zero attached hydrogens (tertiary/aromatic N) is 2. The molecular formula is C13H17N3O4. The fourth-order valence-corrected chi connectivity index (χ4v) is 2.19. The van der Waals surface area contributed by atoms with Crippen LogP contribution in [-0.4, -0.2) is 38.1 Å². The molecule has 1 aromatic rings. The molecule has 0 aromatic carbocycles. The highest BCUT2D eigenvalue weighted by molar-refractivity contribution is 5.48. The molecule has 1 saturated heterocycles. The van der Waals surface area contributed by atoms with Crippen molar-refractivity contribution < 1.29 is 14.9 Å². The van der Waals surface area contributed by atoms with Crippen molar-refractivity contribution in [3.05, 3.63) is 22.2 Å². The molecule has 0 spiro atoms. The Hall–Kier alpha value is -1.88. The number of ether oxygens (including phenoxy) is 1. The van der Waals surface area contributed by atoms with Crippen LogP contribution in [0.15, 0.2) is 11.0 Å². The first-order valence-corrected chi connectivity index (χ1v) is 6.32. The van der Waals surface area contributed by atoms with Gasteiger partial charge in [-0.25, -0.2) is 4.79 Å². The zero-order chi connectivity index (χ0) is 14.9. The zero-order valence-electron chi connectivity index (χ0n) is 11.3. The normalized spacial score (nSPS) is 29.0. The number of nitrogens with two attached hydrogens (primary N) is 1. The molecule has 108 valence electrons. The Morgan fingerprint density at radius 3 is 2.75 bits per heavy atom. The number of hydrogen-bond acceptors (Lipinski definition) is 6. The van der Waals surface area contributed by atoms with Gasteiger partial charge in [-0.2, -0.15) is 4.98 Å². The van der Waals surface area contributed by atoms with Gasteiger partial charge in [-0.15, -0.1) is 5.92 Å². The first-order valence-electron chi connectivity index (χ1n) is 6.32. The Labute approximate surface area is 116 Å². The molecule has 0 amide bonds. The maximum Gasteiger partial charge on any atom is 0.351 e. The van der Waals surface area contributed by atoms with E-state index in [0.717, 1.165) is 4.57 Å². The number of aromatic nitrogens is 2. The van der Waals surface area contributed by atoms with E-state index in [1.54, 1.807) is 6.92 Å². The molecule has 2 rings (SSSR count). The van der Waals surface area contributed by atoms with Crippen molar-refractivity contribution in [1.29, 1.82) is 0 Å². The summed E-state index contributed by atoms with van der Waals surface area (Å²) in [6.07, 6.45) is -1.86. The summed E-state index contributed by atoms with van der Waals surface area (Å²) in [7, 11) is 0. The van der Waals surface area contributed by atoms with E-state index in [1.165, 1.54) is 6.20 Å². The number of aliphatic hydroxyl groups excluding tert-OH is 2. The number of rotatable bonds is 2. The van der Waals surface area contributed by atoms with E-state index in [4.69, 9.17) is 10.5 Å². The lowest BCUT2D eigenvalue weighted by Crippen LogP contribution is -2.36. The van der Waals surface area contributed by atoms with Gasteiger partial charge in [0.25, 0.3) is 0 Å². The minimum atomic E-state index is -1.20. The Balaban J connectivity index is 2.45. The van der Waals surface area contributed by atoms with Crippen LogP contribution in [0.1, 0.15) is 32.1 Å². The maximum absolute atomic E-state index is 11.9. The molecule has 1 aromatic heterocycles. The monoisotopic (exact) mass is 279 g/mol. The maximum atomic E-state index is 11.9. The average molecular weight is 279 g/mol. The van der Waals surface area contributed by atoms with Gasteiger partial charge in [0, 0.05) is 6.20 Å². The Kier molecular flexibility index (Phi) is 4.09. The lowest BCUT2D eigenvalue weighted by atomic mass is 10.1. The van der Waals surface area contributed by atoms with E-state index in [0.29, 0.717) is 12.0 Å². The fraction of sp³-hybridized carbons (Fsp3) is 0.538. The molecule has 20 heavy (non-hydrogen) atoms. The summed E-state index contributed by atoms with van der Waals surface area (Å²) in [5, 5.41) is 19.8. The molecule has 1 unspecified atom stereocenters. The first-order chi connectivity index (χ1) is 9.49. The third-order valence-corrected chi connectivity index (χ3v) is 3.25. The van der Waals surface area contributed by atoms with Crippen molar-refractivity contribution >= 4 is 5.82 Å². The smallest absolute Gasteiger partial charge is 0.351 e. The van der Waals surface area contributed by atoms with E-state index >= 15 is 0 Å². The fourth-order valence-electron chi connectivity index (χ4n) is 2.19. The highest BCUT2D eigenvalue weighted by Gasteiger charge is 2.43. The third kappa shape index (κ3) is 2.41. The lowest BCUT2D eigenvalue weighted by molar-refractivity contribution is -0.0404. The minimum Gasteiger partial charge on any atom is -0.388 e. The molecule has 0 saturated carbocycles. The highest BCUT2D eigenvalue weighted by atomic mass is 16.6. The second-order valence-corrected chi connectivity index (χ2v) is 4.56. The van der Waals surface area contributed by atoms with E-state index in [-0.39, 0.29) is 5.82 Å². The van der Waals surface area contributed by atoms with Crippen molar-refractivity contribution in [3.8, 4) is 11.8 Å². The summed E-state index contributed by atoms with van der Waals surface area (Å²) in [5.41, 5.74) is 5.33. The molecule has 1 aliphatic rings. The van der Waals surface area contributed by atoms with Crippen LogP contribution in [0.4, 0.5) is 5.82 Å². The summed E-state index contributed by atoms with van der Waals surface area (Å²) in [6, 6.07) is 0. The Morgan fingerprint density at radius 2 is 2.20 bits per heavy atom. The summed E-state index contributed by atoms with van der Waals surface area (Å²) < 4.78 is 6.62. The van der Waals surface area contributed by atoms with E-state index < -0.39 is 30.2 Å². The third-order valence-electron chi connectivity index (χ3n) is 3.25. The van der Waals surface area contributed by atoms with Crippen LogP contribution < -0.4 is 11.4 Å². The molecule has 7 nitrogen and oxygen atoms in total. The van der Waals surface area contributed by atoms with Crippen LogP contribution in [0, 0.1) is 11.8 Å². The number of aliphatic hydroxyl groups is 2. The largest absolute Gasteiger partial charge is 0.388 e.